The van der Waals surface area contributed by atoms with Gasteiger partial charge < -0.3 is 15.7 Å². The molecule has 1 aromatic rings. The molecule has 1 saturated carbocycles. The Morgan fingerprint density at radius 3 is 2.42 bits per heavy atom. The number of anilines is 2. The average molecular weight is 262 g/mol. The number of nitrogen functional groups attached to an aromatic ring is 1. The Kier molecular flexibility index (Phi) is 3.00. The van der Waals surface area contributed by atoms with Crippen LogP contribution in [0.3, 0.4) is 0 Å². The standard InChI is InChI=1S/C14H18N2O3/c1-14(2)7-9(14)12(17)16(3)11-5-4-8(13(18)19)6-10(11)15/h4-6,9H,7,15H2,1-3H3,(H,18,19). The molecule has 1 fully saturated rings. The zero-order valence-corrected chi connectivity index (χ0v) is 11.3. The second kappa shape index (κ2) is 4.26. The molecule has 2 rings (SSSR count). The van der Waals surface area contributed by atoms with Crippen molar-refractivity contribution in [1.82, 2.24) is 0 Å². The summed E-state index contributed by atoms with van der Waals surface area (Å²) in [6.45, 7) is 4.11. The number of rotatable bonds is 3. The van der Waals surface area contributed by atoms with E-state index in [4.69, 9.17) is 10.8 Å². The van der Waals surface area contributed by atoms with Gasteiger partial charge in [-0.05, 0) is 30.0 Å². The van der Waals surface area contributed by atoms with E-state index in [0.717, 1.165) is 6.42 Å². The molecule has 0 bridgehead atoms. The van der Waals surface area contributed by atoms with Crippen molar-refractivity contribution < 1.29 is 14.7 Å². The molecule has 5 heteroatoms. The summed E-state index contributed by atoms with van der Waals surface area (Å²) in [5.74, 6) is -0.980. The molecule has 102 valence electrons. The van der Waals surface area contributed by atoms with E-state index in [0.29, 0.717) is 11.4 Å². The highest BCUT2D eigenvalue weighted by atomic mass is 16.4. The smallest absolute Gasteiger partial charge is 0.335 e. The van der Waals surface area contributed by atoms with Crippen LogP contribution in [0.25, 0.3) is 0 Å². The SMILES string of the molecule is CN(C(=O)C1CC1(C)C)c1ccc(C(=O)O)cc1N. The van der Waals surface area contributed by atoms with Crippen LogP contribution in [0.4, 0.5) is 11.4 Å². The molecule has 1 unspecified atom stereocenters. The fourth-order valence-electron chi connectivity index (χ4n) is 2.23. The Morgan fingerprint density at radius 1 is 1.42 bits per heavy atom. The van der Waals surface area contributed by atoms with Crippen molar-refractivity contribution in [3.63, 3.8) is 0 Å². The molecule has 3 N–H and O–H groups in total. The van der Waals surface area contributed by atoms with Crippen molar-refractivity contribution in [1.29, 1.82) is 0 Å². The van der Waals surface area contributed by atoms with Crippen molar-refractivity contribution >= 4 is 23.3 Å². The van der Waals surface area contributed by atoms with E-state index in [1.54, 1.807) is 13.1 Å². The van der Waals surface area contributed by atoms with Crippen LogP contribution in [0, 0.1) is 11.3 Å². The molecule has 1 aliphatic carbocycles. The molecule has 1 amide bonds. The van der Waals surface area contributed by atoms with E-state index in [2.05, 4.69) is 13.8 Å². The van der Waals surface area contributed by atoms with Gasteiger partial charge in [0.05, 0.1) is 16.9 Å². The Hall–Kier alpha value is -2.04. The van der Waals surface area contributed by atoms with Gasteiger partial charge in [-0.1, -0.05) is 13.8 Å². The first kappa shape index (κ1) is 13.4. The second-order valence-electron chi connectivity index (χ2n) is 5.72. The van der Waals surface area contributed by atoms with Gasteiger partial charge >= 0.3 is 5.97 Å². The minimum absolute atomic E-state index is 0.0241. The van der Waals surface area contributed by atoms with Crippen LogP contribution >= 0.6 is 0 Å². The summed E-state index contributed by atoms with van der Waals surface area (Å²) in [7, 11) is 1.67. The number of carboxylic acids is 1. The lowest BCUT2D eigenvalue weighted by Gasteiger charge is -2.20. The Morgan fingerprint density at radius 2 is 2.00 bits per heavy atom. The second-order valence-corrected chi connectivity index (χ2v) is 5.72. The molecule has 0 saturated heterocycles. The highest BCUT2D eigenvalue weighted by Gasteiger charge is 2.51. The van der Waals surface area contributed by atoms with Gasteiger partial charge in [-0.3, -0.25) is 4.79 Å². The number of benzene rings is 1. The van der Waals surface area contributed by atoms with Gasteiger partial charge in [-0.25, -0.2) is 4.79 Å². The minimum Gasteiger partial charge on any atom is -0.478 e. The predicted molar refractivity (Wildman–Crippen MR) is 73.1 cm³/mol. The molecular weight excluding hydrogens is 244 g/mol. The summed E-state index contributed by atoms with van der Waals surface area (Å²) in [6, 6.07) is 4.40. The molecule has 19 heavy (non-hydrogen) atoms. The molecule has 1 atom stereocenters. The summed E-state index contributed by atoms with van der Waals surface area (Å²) in [4.78, 5) is 24.6. The fraction of sp³-hybridized carbons (Fsp3) is 0.429. The summed E-state index contributed by atoms with van der Waals surface area (Å²) < 4.78 is 0. The molecule has 0 aromatic heterocycles. The van der Waals surface area contributed by atoms with E-state index in [1.807, 2.05) is 0 Å². The summed E-state index contributed by atoms with van der Waals surface area (Å²) in [5, 5.41) is 8.88. The topological polar surface area (TPSA) is 83.6 Å². The Labute approximate surface area is 112 Å². The van der Waals surface area contributed by atoms with E-state index in [-0.39, 0.29) is 22.8 Å². The maximum atomic E-state index is 12.2. The van der Waals surface area contributed by atoms with Gasteiger partial charge in [0, 0.05) is 13.0 Å². The minimum atomic E-state index is -1.03. The summed E-state index contributed by atoms with van der Waals surface area (Å²) >= 11 is 0. The zero-order valence-electron chi connectivity index (χ0n) is 11.3. The molecule has 0 radical (unpaired) electrons. The fourth-order valence-corrected chi connectivity index (χ4v) is 2.23. The first-order valence-electron chi connectivity index (χ1n) is 6.14. The number of carboxylic acid groups (broad SMARTS) is 1. The number of hydrogen-bond donors (Lipinski definition) is 2. The van der Waals surface area contributed by atoms with E-state index < -0.39 is 5.97 Å². The first-order valence-corrected chi connectivity index (χ1v) is 6.14. The number of carbonyl (C=O) groups is 2. The molecule has 0 aliphatic heterocycles. The van der Waals surface area contributed by atoms with Gasteiger partial charge in [0.25, 0.3) is 0 Å². The van der Waals surface area contributed by atoms with Crippen molar-refractivity contribution in [3.8, 4) is 0 Å². The van der Waals surface area contributed by atoms with Crippen molar-refractivity contribution in [2.45, 2.75) is 20.3 Å². The third-order valence-corrected chi connectivity index (χ3v) is 3.78. The largest absolute Gasteiger partial charge is 0.478 e. The monoisotopic (exact) mass is 262 g/mol. The van der Waals surface area contributed by atoms with Gasteiger partial charge in [0.15, 0.2) is 0 Å². The zero-order chi connectivity index (χ0) is 14.4. The van der Waals surface area contributed by atoms with Crippen LogP contribution in [0.2, 0.25) is 0 Å². The van der Waals surface area contributed by atoms with Gasteiger partial charge in [0.2, 0.25) is 5.91 Å². The Bertz CT molecular complexity index is 552. The summed E-state index contributed by atoms with van der Waals surface area (Å²) in [6.07, 6.45) is 0.878. The third kappa shape index (κ3) is 2.41. The molecule has 5 nitrogen and oxygen atoms in total. The predicted octanol–water partition coefficient (Wildman–Crippen LogP) is 1.98. The van der Waals surface area contributed by atoms with Gasteiger partial charge in [-0.15, -0.1) is 0 Å². The van der Waals surface area contributed by atoms with Crippen LogP contribution in [0.15, 0.2) is 18.2 Å². The first-order chi connectivity index (χ1) is 8.74. The third-order valence-electron chi connectivity index (χ3n) is 3.78. The number of nitrogens with two attached hydrogens (primary N) is 1. The number of aromatic carboxylic acids is 1. The molecule has 1 aromatic carbocycles. The lowest BCUT2D eigenvalue weighted by molar-refractivity contribution is -0.120. The lowest BCUT2D eigenvalue weighted by atomic mass is 10.1. The molecule has 0 heterocycles. The highest BCUT2D eigenvalue weighted by molar-refractivity contribution is 6.00. The van der Waals surface area contributed by atoms with Crippen molar-refractivity contribution in [3.05, 3.63) is 23.8 Å². The van der Waals surface area contributed by atoms with Crippen LogP contribution in [-0.2, 0) is 4.79 Å². The lowest BCUT2D eigenvalue weighted by Crippen LogP contribution is -2.29. The number of hydrogen-bond acceptors (Lipinski definition) is 3. The van der Waals surface area contributed by atoms with Crippen LogP contribution in [0.1, 0.15) is 30.6 Å². The van der Waals surface area contributed by atoms with E-state index in [1.165, 1.54) is 17.0 Å². The Balaban J connectivity index is 2.22. The number of carbonyl (C=O) groups excluding carboxylic acids is 1. The van der Waals surface area contributed by atoms with E-state index >= 15 is 0 Å². The van der Waals surface area contributed by atoms with Crippen molar-refractivity contribution in [2.24, 2.45) is 11.3 Å². The highest BCUT2D eigenvalue weighted by Crippen LogP contribution is 2.52. The van der Waals surface area contributed by atoms with Gasteiger partial charge in [-0.2, -0.15) is 0 Å². The van der Waals surface area contributed by atoms with Crippen molar-refractivity contribution in [2.75, 3.05) is 17.7 Å². The van der Waals surface area contributed by atoms with E-state index in [9.17, 15) is 9.59 Å². The molecule has 0 spiro atoms. The van der Waals surface area contributed by atoms with Crippen LogP contribution in [-0.4, -0.2) is 24.0 Å². The summed E-state index contributed by atoms with van der Waals surface area (Å²) in [5.41, 5.74) is 6.86. The maximum Gasteiger partial charge on any atom is 0.335 e. The molecule has 1 aliphatic rings. The maximum absolute atomic E-state index is 12.2. The molecular formula is C14H18N2O3. The number of amides is 1. The van der Waals surface area contributed by atoms with Crippen LogP contribution in [0.5, 0.6) is 0 Å². The average Bonchev–Trinajstić information content (AvgIpc) is 2.96. The quantitative estimate of drug-likeness (QED) is 0.816. The van der Waals surface area contributed by atoms with Gasteiger partial charge in [0.1, 0.15) is 0 Å². The van der Waals surface area contributed by atoms with Crippen LogP contribution < -0.4 is 10.6 Å². The normalized spacial score (nSPS) is 19.8. The number of nitrogens with zero attached hydrogens (tertiary/aromatic N) is 1.